The highest BCUT2D eigenvalue weighted by atomic mass is 16.1. The third-order valence-corrected chi connectivity index (χ3v) is 20.9. The first-order valence-corrected chi connectivity index (χ1v) is 35.8. The molecule has 95 heavy (non-hydrogen) atoms. The van der Waals surface area contributed by atoms with Gasteiger partial charge in [0.1, 0.15) is 0 Å². The zero-order valence-corrected chi connectivity index (χ0v) is 55.7. The Morgan fingerprint density at radius 1 is 0.284 bits per heavy atom. The van der Waals surface area contributed by atoms with E-state index >= 15 is 28.8 Å². The lowest BCUT2D eigenvalue weighted by molar-refractivity contribution is 0.103. The number of unbranched alkanes of at least 4 members (excludes halogenated alkanes) is 14. The highest BCUT2D eigenvalue weighted by molar-refractivity contribution is 6.27. The molecule has 484 valence electrons. The average Bonchev–Trinajstić information content (AvgIpc) is 0.710. The standard InChI is InChI=1S/C84H87N5O6/c1-5-9-13-18-24-49-30-36-55-48-62-68(79(90)56(55)42-49)74-70(81(92)58-44-50(25-19-14-10-6-2)32-38-64(58)86-74)75-69(62)80(91)57-43-53(31-37-63(57)85-75)28-22-17-23-29-54-35-41-67-61(47-54)84(95)73-77-71(82(93)60-46-52(27-21-16-12-8-4)34-40-66(60)88-77)76-72(78(73)89-67)83(94)59-45-51(26-20-15-11-7-3)33-39-65(59)87-76/h30-47H,5-29,48H2,1-4H3,(H,85,91)(H,86,92)(H,87,94)(H,88,93)(H,89,95). The van der Waals surface area contributed by atoms with Crippen molar-refractivity contribution in [2.24, 2.45) is 0 Å². The van der Waals surface area contributed by atoms with E-state index in [1.807, 2.05) is 66.7 Å². The monoisotopic (exact) mass is 1260 g/mol. The van der Waals surface area contributed by atoms with Gasteiger partial charge in [-0.2, -0.15) is 0 Å². The zero-order chi connectivity index (χ0) is 65.4. The Labute approximate surface area is 552 Å². The summed E-state index contributed by atoms with van der Waals surface area (Å²) in [5, 5.41) is 4.28. The number of carbonyl (C=O) groups is 1. The molecule has 0 saturated heterocycles. The molecule has 0 unspecified atom stereocenters. The predicted molar refractivity (Wildman–Crippen MR) is 396 cm³/mol. The molecule has 0 amide bonds. The molecule has 1 aliphatic rings. The van der Waals surface area contributed by atoms with Crippen molar-refractivity contribution in [1.82, 2.24) is 24.9 Å². The van der Waals surface area contributed by atoms with Gasteiger partial charge >= 0.3 is 0 Å². The summed E-state index contributed by atoms with van der Waals surface area (Å²) in [5.41, 5.74) is 13.3. The molecule has 8 aromatic carbocycles. The molecule has 0 fully saturated rings. The molecule has 0 aliphatic heterocycles. The largest absolute Gasteiger partial charge is 0.354 e. The summed E-state index contributed by atoms with van der Waals surface area (Å²) in [5.74, 6) is -0.160. The Balaban J connectivity index is 0.777. The molecule has 11 nitrogen and oxygen atoms in total. The van der Waals surface area contributed by atoms with Crippen LogP contribution in [-0.4, -0.2) is 30.7 Å². The maximum absolute atomic E-state index is 15.4. The van der Waals surface area contributed by atoms with Crippen molar-refractivity contribution in [2.75, 3.05) is 0 Å². The van der Waals surface area contributed by atoms with E-state index in [4.69, 9.17) is 0 Å². The van der Waals surface area contributed by atoms with Crippen LogP contribution in [0, 0.1) is 0 Å². The van der Waals surface area contributed by atoms with E-state index in [-0.39, 0.29) is 32.9 Å². The third kappa shape index (κ3) is 11.9. The van der Waals surface area contributed by atoms with E-state index in [0.29, 0.717) is 132 Å². The molecule has 5 heterocycles. The second-order valence-electron chi connectivity index (χ2n) is 27.6. The normalized spacial score (nSPS) is 12.6. The number of carbonyl (C=O) groups excluding carboxylic acids is 1. The number of pyridine rings is 5. The summed E-state index contributed by atoms with van der Waals surface area (Å²) in [6, 6.07) is 36.3. The molecule has 5 aromatic heterocycles. The van der Waals surface area contributed by atoms with E-state index in [1.165, 1.54) is 12.8 Å². The summed E-state index contributed by atoms with van der Waals surface area (Å²) in [6.45, 7) is 8.81. The highest BCUT2D eigenvalue weighted by Crippen LogP contribution is 2.39. The molecular weight excluding hydrogens is 1170 g/mol. The van der Waals surface area contributed by atoms with Crippen LogP contribution in [0.3, 0.4) is 0 Å². The Kier molecular flexibility index (Phi) is 18.1. The number of H-pyrrole nitrogens is 5. The second-order valence-corrected chi connectivity index (χ2v) is 27.6. The fourth-order valence-electron chi connectivity index (χ4n) is 15.7. The Morgan fingerprint density at radius 2 is 0.547 bits per heavy atom. The Bertz CT molecular complexity index is 5470. The van der Waals surface area contributed by atoms with Gasteiger partial charge in [-0.05, 0) is 195 Å². The summed E-state index contributed by atoms with van der Waals surface area (Å²) in [7, 11) is 0. The van der Waals surface area contributed by atoms with Crippen molar-refractivity contribution >= 4 is 115 Å². The molecule has 0 saturated carbocycles. The summed E-state index contributed by atoms with van der Waals surface area (Å²) in [6.07, 6.45) is 25.8. The number of rotatable bonds is 26. The fraction of sp³-hybridized carbons (Fsp3) is 0.357. The van der Waals surface area contributed by atoms with E-state index in [0.717, 1.165) is 187 Å². The fourth-order valence-corrected chi connectivity index (χ4v) is 15.7. The number of hydrogen-bond donors (Lipinski definition) is 5. The zero-order valence-electron chi connectivity index (χ0n) is 55.7. The Hall–Kier alpha value is -9.22. The van der Waals surface area contributed by atoms with Gasteiger partial charge in [0, 0.05) is 60.1 Å². The first kappa shape index (κ1) is 63.2. The van der Waals surface area contributed by atoms with Crippen LogP contribution in [0.1, 0.15) is 210 Å². The van der Waals surface area contributed by atoms with Gasteiger partial charge in [0.25, 0.3) is 0 Å². The number of hydrogen-bond acceptors (Lipinski definition) is 6. The SMILES string of the molecule is CCCCCCc1ccc2c(c1)C(=O)c1c(c3c(=O)c4cc(CCCCCc5ccc6[nH]c7c8c(=O)c9cc(CCCCCC)ccc9[nH]c8c8c(=O)c9cc(CCCCCC)ccc9[nH]c8c7c(=O)c6c5)ccc4[nH]c3c3c(=O)c4cc(CCCCCC)ccc4[nH]c13)C2. The number of benzene rings is 8. The summed E-state index contributed by atoms with van der Waals surface area (Å²) in [4.78, 5) is 109. The van der Waals surface area contributed by atoms with Crippen molar-refractivity contribution in [3.63, 3.8) is 0 Å². The lowest BCUT2D eigenvalue weighted by Gasteiger charge is -2.23. The molecule has 5 N–H and O–H groups in total. The van der Waals surface area contributed by atoms with Crippen LogP contribution in [0.25, 0.3) is 109 Å². The topological polar surface area (TPSA) is 181 Å². The molecule has 11 heteroatoms. The smallest absolute Gasteiger partial charge is 0.199 e. The second kappa shape index (κ2) is 27.2. The van der Waals surface area contributed by atoms with Crippen LogP contribution in [-0.2, 0) is 44.9 Å². The van der Waals surface area contributed by atoms with Crippen molar-refractivity contribution in [2.45, 2.75) is 195 Å². The maximum Gasteiger partial charge on any atom is 0.199 e. The molecule has 14 rings (SSSR count). The quantitative estimate of drug-likeness (QED) is 0.0204. The molecule has 0 spiro atoms. The number of aromatic nitrogens is 5. The minimum absolute atomic E-state index is 0.160. The molecular formula is C84H87N5O6. The van der Waals surface area contributed by atoms with Gasteiger partial charge in [-0.15, -0.1) is 0 Å². The van der Waals surface area contributed by atoms with Crippen LogP contribution in [0.2, 0.25) is 0 Å². The van der Waals surface area contributed by atoms with Crippen LogP contribution >= 0.6 is 0 Å². The third-order valence-electron chi connectivity index (χ3n) is 20.9. The van der Waals surface area contributed by atoms with Crippen molar-refractivity contribution in [1.29, 1.82) is 0 Å². The van der Waals surface area contributed by atoms with Crippen molar-refractivity contribution in [3.8, 4) is 0 Å². The van der Waals surface area contributed by atoms with Crippen molar-refractivity contribution in [3.05, 3.63) is 216 Å². The van der Waals surface area contributed by atoms with E-state index in [2.05, 4.69) is 95.1 Å². The number of ketones is 1. The Morgan fingerprint density at radius 3 is 0.874 bits per heavy atom. The number of fused-ring (bicyclic) bond motifs is 18. The molecule has 0 atom stereocenters. The molecule has 13 aromatic rings. The molecule has 0 radical (unpaired) electrons. The van der Waals surface area contributed by atoms with Crippen LogP contribution in [0.4, 0.5) is 0 Å². The van der Waals surface area contributed by atoms with Gasteiger partial charge in [-0.1, -0.05) is 154 Å². The average molecular weight is 1260 g/mol. The van der Waals surface area contributed by atoms with Gasteiger partial charge in [0.2, 0.25) is 0 Å². The minimum atomic E-state index is -0.247. The van der Waals surface area contributed by atoms with Gasteiger partial charge in [-0.25, -0.2) is 0 Å². The van der Waals surface area contributed by atoms with Crippen LogP contribution < -0.4 is 27.1 Å². The van der Waals surface area contributed by atoms with E-state index in [1.54, 1.807) is 0 Å². The lowest BCUT2D eigenvalue weighted by atomic mass is 9.80. The minimum Gasteiger partial charge on any atom is -0.354 e. The van der Waals surface area contributed by atoms with Gasteiger partial charge < -0.3 is 24.9 Å². The van der Waals surface area contributed by atoms with Crippen LogP contribution in [0.15, 0.2) is 133 Å². The van der Waals surface area contributed by atoms with Crippen LogP contribution in [0.5, 0.6) is 0 Å². The summed E-state index contributed by atoms with van der Waals surface area (Å²) >= 11 is 0. The highest BCUT2D eigenvalue weighted by Gasteiger charge is 2.32. The van der Waals surface area contributed by atoms with Gasteiger partial charge in [0.05, 0.1) is 60.1 Å². The molecule has 0 bridgehead atoms. The first-order chi connectivity index (χ1) is 46.4. The number of nitrogens with one attached hydrogen (secondary N) is 5. The van der Waals surface area contributed by atoms with Gasteiger partial charge in [-0.3, -0.25) is 28.8 Å². The van der Waals surface area contributed by atoms with Gasteiger partial charge in [0.15, 0.2) is 32.9 Å². The lowest BCUT2D eigenvalue weighted by Crippen LogP contribution is -2.22. The number of aryl methyl sites for hydroxylation is 6. The molecule has 1 aliphatic carbocycles. The van der Waals surface area contributed by atoms with E-state index < -0.39 is 0 Å². The first-order valence-electron chi connectivity index (χ1n) is 35.8. The van der Waals surface area contributed by atoms with E-state index in [9.17, 15) is 0 Å². The van der Waals surface area contributed by atoms with Crippen molar-refractivity contribution < 1.29 is 4.79 Å². The summed E-state index contributed by atoms with van der Waals surface area (Å²) < 4.78 is 0. The predicted octanol–water partition coefficient (Wildman–Crippen LogP) is 19.2. The maximum atomic E-state index is 15.4. The number of aromatic amines is 5.